The van der Waals surface area contributed by atoms with E-state index in [1.807, 2.05) is 0 Å². The molecule has 144 valence electrons. The maximum absolute atomic E-state index is 10.7. The topological polar surface area (TPSA) is 38.7 Å². The molecule has 0 spiro atoms. The van der Waals surface area contributed by atoms with Crippen LogP contribution >= 0.6 is 0 Å². The van der Waals surface area contributed by atoms with Gasteiger partial charge in [-0.2, -0.15) is 0 Å². The van der Waals surface area contributed by atoms with Crippen molar-refractivity contribution in [3.8, 4) is 12.3 Å². The van der Waals surface area contributed by atoms with E-state index in [4.69, 9.17) is 15.3 Å². The normalized spacial score (nSPS) is 26.2. The van der Waals surface area contributed by atoms with Crippen LogP contribution in [0.15, 0.2) is 11.6 Å². The van der Waals surface area contributed by atoms with E-state index < -0.39 is 22.7 Å². The molecule has 0 bridgehead atoms. The monoisotopic (exact) mass is 382 g/mol. The van der Waals surface area contributed by atoms with Gasteiger partial charge < -0.3 is 14.0 Å². The van der Waals surface area contributed by atoms with E-state index in [1.54, 1.807) is 6.08 Å². The second-order valence-electron chi connectivity index (χ2n) is 10.3. The van der Waals surface area contributed by atoms with Gasteiger partial charge in [0.2, 0.25) is 0 Å². The number of aliphatic hydroxyl groups is 1. The van der Waals surface area contributed by atoms with Crippen LogP contribution in [0.2, 0.25) is 36.3 Å². The summed E-state index contributed by atoms with van der Waals surface area (Å²) in [6.45, 7) is 22.2. The molecule has 3 atom stereocenters. The molecule has 0 radical (unpaired) electrons. The third-order valence-electron chi connectivity index (χ3n) is 6.17. The fourth-order valence-electron chi connectivity index (χ4n) is 2.36. The van der Waals surface area contributed by atoms with Crippen LogP contribution in [0.1, 0.15) is 48.0 Å². The van der Waals surface area contributed by atoms with Crippen molar-refractivity contribution in [1.82, 2.24) is 0 Å². The molecule has 0 amide bonds. The average molecular weight is 383 g/mol. The number of rotatable bonds is 4. The lowest BCUT2D eigenvalue weighted by molar-refractivity contribution is -0.0328. The van der Waals surface area contributed by atoms with E-state index in [2.05, 4.69) is 73.7 Å². The van der Waals surface area contributed by atoms with E-state index in [1.165, 1.54) is 0 Å². The third kappa shape index (κ3) is 5.30. The molecule has 5 heteroatoms. The SMILES string of the molecule is C#CC1=C[C@@H](O)[C@@H](O[Si](C)(C)C(C)(C)C)[C@H](O[Si](C)(C)C(C)(C)C)C1. The Bertz CT molecular complexity index is 545. The highest BCUT2D eigenvalue weighted by molar-refractivity contribution is 6.74. The minimum Gasteiger partial charge on any atom is -0.411 e. The summed E-state index contributed by atoms with van der Waals surface area (Å²) in [4.78, 5) is 0. The summed E-state index contributed by atoms with van der Waals surface area (Å²) in [7, 11) is -4.03. The molecule has 0 aromatic carbocycles. The highest BCUT2D eigenvalue weighted by Crippen LogP contribution is 2.42. The fraction of sp³-hybridized carbons (Fsp3) is 0.800. The van der Waals surface area contributed by atoms with Crippen LogP contribution in [0.4, 0.5) is 0 Å². The maximum Gasteiger partial charge on any atom is 0.192 e. The number of aliphatic hydroxyl groups excluding tert-OH is 1. The first-order chi connectivity index (χ1) is 11.0. The van der Waals surface area contributed by atoms with E-state index in [0.29, 0.717) is 6.42 Å². The summed E-state index contributed by atoms with van der Waals surface area (Å²) in [6.07, 6.45) is 6.75. The van der Waals surface area contributed by atoms with Crippen molar-refractivity contribution in [3.63, 3.8) is 0 Å². The van der Waals surface area contributed by atoms with Gasteiger partial charge in [-0.25, -0.2) is 0 Å². The minimum atomic E-state index is -2.03. The van der Waals surface area contributed by atoms with Crippen LogP contribution in [0.5, 0.6) is 0 Å². The summed E-state index contributed by atoms with van der Waals surface area (Å²) in [5.41, 5.74) is 0.811. The molecule has 0 fully saturated rings. The van der Waals surface area contributed by atoms with E-state index in [-0.39, 0.29) is 22.3 Å². The van der Waals surface area contributed by atoms with E-state index in [0.717, 1.165) is 5.57 Å². The van der Waals surface area contributed by atoms with Crippen LogP contribution in [-0.4, -0.2) is 40.1 Å². The van der Waals surface area contributed by atoms with Gasteiger partial charge >= 0.3 is 0 Å². The molecule has 1 aliphatic carbocycles. The summed E-state index contributed by atoms with van der Waals surface area (Å²) in [6, 6.07) is 0. The summed E-state index contributed by atoms with van der Waals surface area (Å²) in [5, 5.41) is 10.9. The van der Waals surface area contributed by atoms with Crippen molar-refractivity contribution in [2.45, 2.75) is 103 Å². The van der Waals surface area contributed by atoms with Crippen molar-refractivity contribution in [3.05, 3.63) is 11.6 Å². The van der Waals surface area contributed by atoms with E-state index >= 15 is 0 Å². The largest absolute Gasteiger partial charge is 0.411 e. The van der Waals surface area contributed by atoms with Crippen molar-refractivity contribution in [2.75, 3.05) is 0 Å². The molecule has 0 aliphatic heterocycles. The molecule has 0 heterocycles. The predicted octanol–water partition coefficient (Wildman–Crippen LogP) is 5.09. The zero-order chi connectivity index (χ0) is 19.8. The maximum atomic E-state index is 10.7. The van der Waals surface area contributed by atoms with E-state index in [9.17, 15) is 5.11 Å². The van der Waals surface area contributed by atoms with Crippen molar-refractivity contribution < 1.29 is 14.0 Å². The molecule has 25 heavy (non-hydrogen) atoms. The van der Waals surface area contributed by atoms with Gasteiger partial charge in [-0.05, 0) is 42.3 Å². The second-order valence-corrected chi connectivity index (χ2v) is 19.8. The van der Waals surface area contributed by atoms with Crippen LogP contribution < -0.4 is 0 Å². The van der Waals surface area contributed by atoms with Gasteiger partial charge in [0.1, 0.15) is 6.10 Å². The van der Waals surface area contributed by atoms with Crippen LogP contribution in [0.3, 0.4) is 0 Å². The molecule has 0 unspecified atom stereocenters. The fourth-order valence-corrected chi connectivity index (χ4v) is 5.01. The zero-order valence-electron chi connectivity index (χ0n) is 17.9. The van der Waals surface area contributed by atoms with Gasteiger partial charge in [0.15, 0.2) is 16.6 Å². The van der Waals surface area contributed by atoms with Crippen LogP contribution in [0.25, 0.3) is 0 Å². The molecule has 0 saturated heterocycles. The second kappa shape index (κ2) is 7.32. The van der Waals surface area contributed by atoms with Gasteiger partial charge in [-0.15, -0.1) is 6.42 Å². The molecule has 0 aromatic heterocycles. The number of terminal acetylenes is 1. The zero-order valence-corrected chi connectivity index (χ0v) is 19.9. The molecule has 0 aromatic rings. The Hall–Kier alpha value is -0.386. The lowest BCUT2D eigenvalue weighted by Gasteiger charge is -2.47. The molecule has 0 saturated carbocycles. The van der Waals surface area contributed by atoms with Gasteiger partial charge in [0.05, 0.1) is 12.2 Å². The highest BCUT2D eigenvalue weighted by Gasteiger charge is 2.47. The van der Waals surface area contributed by atoms with Gasteiger partial charge in [0.25, 0.3) is 0 Å². The first-order valence-corrected chi connectivity index (χ1v) is 15.0. The summed E-state index contributed by atoms with van der Waals surface area (Å²) < 4.78 is 13.2. The summed E-state index contributed by atoms with van der Waals surface area (Å²) in [5.74, 6) is 2.69. The molecule has 1 N–H and O–H groups in total. The lowest BCUT2D eigenvalue weighted by atomic mass is 9.93. The lowest BCUT2D eigenvalue weighted by Crippen LogP contribution is -2.56. The third-order valence-corrected chi connectivity index (χ3v) is 15.1. The predicted molar refractivity (Wildman–Crippen MR) is 112 cm³/mol. The summed E-state index contributed by atoms with van der Waals surface area (Å²) >= 11 is 0. The van der Waals surface area contributed by atoms with Crippen molar-refractivity contribution in [1.29, 1.82) is 0 Å². The Labute approximate surface area is 157 Å². The Morgan fingerprint density at radius 3 is 1.84 bits per heavy atom. The van der Waals surface area contributed by atoms with Crippen LogP contribution in [0, 0.1) is 12.3 Å². The van der Waals surface area contributed by atoms with Gasteiger partial charge in [-0.1, -0.05) is 47.5 Å². The number of hydrogen-bond donors (Lipinski definition) is 1. The Morgan fingerprint density at radius 1 is 1.00 bits per heavy atom. The van der Waals surface area contributed by atoms with Crippen LogP contribution in [-0.2, 0) is 8.85 Å². The molecular formula is C20H38O3Si2. The molecule has 1 rings (SSSR count). The standard InChI is InChI=1S/C20H38O3Si2/c1-12-15-13-16(21)18(23-25(10,11)20(5,6)7)17(14-15)22-24(8,9)19(2,3)4/h1,13,16-18,21H,14H2,2-11H3/t16-,17-,18-/m1/s1. The Morgan fingerprint density at radius 2 is 1.44 bits per heavy atom. The quantitative estimate of drug-likeness (QED) is 0.543. The van der Waals surface area contributed by atoms with Gasteiger partial charge in [-0.3, -0.25) is 0 Å². The Balaban J connectivity index is 3.17. The average Bonchev–Trinajstić information content (AvgIpc) is 2.39. The molecular weight excluding hydrogens is 344 g/mol. The number of hydrogen-bond acceptors (Lipinski definition) is 3. The van der Waals surface area contributed by atoms with Gasteiger partial charge in [0, 0.05) is 12.0 Å². The first-order valence-electron chi connectivity index (χ1n) is 9.23. The molecule has 1 aliphatic rings. The smallest absolute Gasteiger partial charge is 0.192 e. The van der Waals surface area contributed by atoms with Crippen molar-refractivity contribution in [2.24, 2.45) is 0 Å². The van der Waals surface area contributed by atoms with Crippen molar-refractivity contribution >= 4 is 16.6 Å². The molecule has 3 nitrogen and oxygen atoms in total. The highest BCUT2D eigenvalue weighted by atomic mass is 28.4. The first kappa shape index (κ1) is 22.7. The minimum absolute atomic E-state index is 0.0738. The Kier molecular flexibility index (Phi) is 6.63.